The van der Waals surface area contributed by atoms with E-state index in [9.17, 15) is 0 Å². The number of nitrogens with zero attached hydrogens (tertiary/aromatic N) is 4. The number of hydrogen-bond acceptors (Lipinski definition) is 4. The third-order valence-corrected chi connectivity index (χ3v) is 4.19. The van der Waals surface area contributed by atoms with Gasteiger partial charge >= 0.3 is 0 Å². The van der Waals surface area contributed by atoms with Gasteiger partial charge in [0.2, 0.25) is 0 Å². The van der Waals surface area contributed by atoms with E-state index in [0.717, 1.165) is 18.5 Å². The Morgan fingerprint density at radius 3 is 2.18 bits per heavy atom. The Balaban J connectivity index is 1.59. The first kappa shape index (κ1) is 16.7. The molecule has 0 bridgehead atoms. The number of hydrogen-bond donors (Lipinski definition) is 1. The quantitative estimate of drug-likeness (QED) is 0.627. The van der Waals surface area contributed by atoms with Crippen molar-refractivity contribution in [1.82, 2.24) is 19.5 Å². The minimum Gasteiger partial charge on any atom is -0.382 e. The van der Waals surface area contributed by atoms with E-state index in [-0.39, 0.29) is 0 Å². The summed E-state index contributed by atoms with van der Waals surface area (Å²) >= 11 is 0. The molecular weight excluding hydrogens is 274 g/mol. The lowest BCUT2D eigenvalue weighted by Gasteiger charge is -2.05. The lowest BCUT2D eigenvalue weighted by molar-refractivity contribution is 0.538. The van der Waals surface area contributed by atoms with Crippen LogP contribution in [0, 0.1) is 0 Å². The molecule has 2 rings (SSSR count). The van der Waals surface area contributed by atoms with Crippen LogP contribution in [-0.2, 0) is 6.54 Å². The predicted molar refractivity (Wildman–Crippen MR) is 91.6 cm³/mol. The average Bonchev–Trinajstić information content (AvgIpc) is 2.94. The first-order valence-electron chi connectivity index (χ1n) is 8.74. The molecule has 0 atom stereocenters. The summed E-state index contributed by atoms with van der Waals surface area (Å²) in [6, 6.07) is 0. The second-order valence-corrected chi connectivity index (χ2v) is 6.05. The highest BCUT2D eigenvalue weighted by Crippen LogP contribution is 2.16. The molecule has 2 N–H and O–H groups in total. The maximum Gasteiger partial charge on any atom is 0.182 e. The van der Waals surface area contributed by atoms with Crippen LogP contribution in [0.1, 0.15) is 71.1 Å². The van der Waals surface area contributed by atoms with Crippen molar-refractivity contribution in [2.75, 3.05) is 5.73 Å². The van der Waals surface area contributed by atoms with E-state index in [1.807, 2.05) is 6.33 Å². The van der Waals surface area contributed by atoms with Crippen molar-refractivity contribution in [1.29, 1.82) is 0 Å². The second-order valence-electron chi connectivity index (χ2n) is 6.05. The first-order chi connectivity index (χ1) is 10.8. The molecule has 0 aliphatic carbocycles. The number of anilines is 1. The zero-order chi connectivity index (χ0) is 15.6. The summed E-state index contributed by atoms with van der Waals surface area (Å²) in [5.74, 6) is 0.523. The lowest BCUT2D eigenvalue weighted by atomic mass is 10.1. The highest BCUT2D eigenvalue weighted by molar-refractivity contribution is 5.81. The SMILES string of the molecule is CCCCCCCCCCCCn1cnc2ncnc(N)c21. The van der Waals surface area contributed by atoms with Crippen molar-refractivity contribution in [3.63, 3.8) is 0 Å². The predicted octanol–water partition coefficient (Wildman–Crippen LogP) is 4.33. The smallest absolute Gasteiger partial charge is 0.182 e. The monoisotopic (exact) mass is 303 g/mol. The van der Waals surface area contributed by atoms with Gasteiger partial charge in [0.1, 0.15) is 11.8 Å². The van der Waals surface area contributed by atoms with Gasteiger partial charge in [-0.15, -0.1) is 0 Å². The molecule has 0 radical (unpaired) electrons. The Hall–Kier alpha value is -1.65. The van der Waals surface area contributed by atoms with Gasteiger partial charge in [-0.05, 0) is 6.42 Å². The highest BCUT2D eigenvalue weighted by Gasteiger charge is 2.07. The molecule has 2 aromatic rings. The van der Waals surface area contributed by atoms with Crippen molar-refractivity contribution in [2.24, 2.45) is 0 Å². The van der Waals surface area contributed by atoms with Crippen molar-refractivity contribution >= 4 is 17.0 Å². The fourth-order valence-electron chi connectivity index (χ4n) is 2.87. The number of nitrogens with two attached hydrogens (primary N) is 1. The molecule has 22 heavy (non-hydrogen) atoms. The first-order valence-corrected chi connectivity index (χ1v) is 8.74. The molecule has 0 aromatic carbocycles. The van der Waals surface area contributed by atoms with Crippen LogP contribution in [0.3, 0.4) is 0 Å². The molecule has 0 spiro atoms. The van der Waals surface area contributed by atoms with Gasteiger partial charge in [0.05, 0.1) is 6.33 Å². The zero-order valence-electron chi connectivity index (χ0n) is 13.8. The number of unbranched alkanes of at least 4 members (excludes halogenated alkanes) is 9. The topological polar surface area (TPSA) is 69.6 Å². The van der Waals surface area contributed by atoms with Crippen LogP contribution in [0.5, 0.6) is 0 Å². The molecule has 2 heterocycles. The van der Waals surface area contributed by atoms with Crippen LogP contribution in [-0.4, -0.2) is 19.5 Å². The van der Waals surface area contributed by atoms with Crippen LogP contribution in [0.4, 0.5) is 5.82 Å². The van der Waals surface area contributed by atoms with Crippen LogP contribution in [0.25, 0.3) is 11.2 Å². The van der Waals surface area contributed by atoms with Crippen LogP contribution < -0.4 is 5.73 Å². The summed E-state index contributed by atoms with van der Waals surface area (Å²) < 4.78 is 2.08. The third kappa shape index (κ3) is 4.97. The summed E-state index contributed by atoms with van der Waals surface area (Å²) in [6.45, 7) is 3.22. The fraction of sp³-hybridized carbons (Fsp3) is 0.706. The van der Waals surface area contributed by atoms with Gasteiger partial charge in [0.25, 0.3) is 0 Å². The van der Waals surface area contributed by atoms with Crippen LogP contribution in [0.2, 0.25) is 0 Å². The van der Waals surface area contributed by atoms with Gasteiger partial charge in [-0.1, -0.05) is 64.7 Å². The van der Waals surface area contributed by atoms with Crippen molar-refractivity contribution < 1.29 is 0 Å². The Kier molecular flexibility index (Phi) is 7.13. The molecule has 0 amide bonds. The van der Waals surface area contributed by atoms with E-state index in [1.165, 1.54) is 64.1 Å². The van der Waals surface area contributed by atoms with Gasteiger partial charge in [-0.2, -0.15) is 0 Å². The molecule has 2 aromatic heterocycles. The number of nitrogen functional groups attached to an aromatic ring is 1. The fourth-order valence-corrected chi connectivity index (χ4v) is 2.87. The molecule has 0 saturated carbocycles. The normalized spacial score (nSPS) is 11.3. The molecule has 5 heteroatoms. The van der Waals surface area contributed by atoms with Crippen LogP contribution >= 0.6 is 0 Å². The van der Waals surface area contributed by atoms with E-state index < -0.39 is 0 Å². The Morgan fingerprint density at radius 2 is 1.50 bits per heavy atom. The summed E-state index contributed by atoms with van der Waals surface area (Å²) in [5, 5.41) is 0. The van der Waals surface area contributed by atoms with E-state index in [2.05, 4.69) is 26.4 Å². The minimum absolute atomic E-state index is 0.523. The summed E-state index contributed by atoms with van der Waals surface area (Å²) in [6.07, 6.45) is 16.7. The summed E-state index contributed by atoms with van der Waals surface area (Å²) in [5.41, 5.74) is 7.48. The molecular formula is C17H29N5. The number of rotatable bonds is 11. The standard InChI is InChI=1S/C17H29N5/c1-2-3-4-5-6-7-8-9-10-11-12-22-14-21-17-15(22)16(18)19-13-20-17/h13-14H,2-12H2,1H3,(H2,18,19,20). The second kappa shape index (κ2) is 9.38. The number of fused-ring (bicyclic) bond motifs is 1. The molecule has 122 valence electrons. The lowest BCUT2D eigenvalue weighted by Crippen LogP contribution is -2.01. The van der Waals surface area contributed by atoms with Gasteiger partial charge in [-0.25, -0.2) is 15.0 Å². The Bertz CT molecular complexity index is 549. The Morgan fingerprint density at radius 1 is 0.864 bits per heavy atom. The van der Waals surface area contributed by atoms with Gasteiger partial charge in [-0.3, -0.25) is 0 Å². The van der Waals surface area contributed by atoms with E-state index in [4.69, 9.17) is 5.73 Å². The number of aromatic nitrogens is 4. The Labute approximate surface area is 133 Å². The van der Waals surface area contributed by atoms with E-state index in [0.29, 0.717) is 11.5 Å². The maximum absolute atomic E-state index is 5.91. The highest BCUT2D eigenvalue weighted by atomic mass is 15.1. The molecule has 0 fully saturated rings. The molecule has 0 unspecified atom stereocenters. The van der Waals surface area contributed by atoms with E-state index in [1.54, 1.807) is 0 Å². The van der Waals surface area contributed by atoms with Gasteiger partial charge < -0.3 is 10.3 Å². The molecule has 0 aliphatic heterocycles. The number of aryl methyl sites for hydroxylation is 1. The van der Waals surface area contributed by atoms with Crippen LogP contribution in [0.15, 0.2) is 12.7 Å². The van der Waals surface area contributed by atoms with E-state index >= 15 is 0 Å². The van der Waals surface area contributed by atoms with Gasteiger partial charge in [0, 0.05) is 6.54 Å². The zero-order valence-corrected chi connectivity index (χ0v) is 13.8. The van der Waals surface area contributed by atoms with Crippen molar-refractivity contribution in [3.8, 4) is 0 Å². The van der Waals surface area contributed by atoms with Gasteiger partial charge in [0.15, 0.2) is 11.5 Å². The minimum atomic E-state index is 0.523. The maximum atomic E-state index is 5.91. The average molecular weight is 303 g/mol. The summed E-state index contributed by atoms with van der Waals surface area (Å²) in [7, 11) is 0. The van der Waals surface area contributed by atoms with Crippen molar-refractivity contribution in [3.05, 3.63) is 12.7 Å². The molecule has 0 saturated heterocycles. The molecule has 5 nitrogen and oxygen atoms in total. The van der Waals surface area contributed by atoms with Crippen molar-refractivity contribution in [2.45, 2.75) is 77.7 Å². The molecule has 0 aliphatic rings. The third-order valence-electron chi connectivity index (χ3n) is 4.19. The largest absolute Gasteiger partial charge is 0.382 e. The summed E-state index contributed by atoms with van der Waals surface area (Å²) in [4.78, 5) is 12.5. The number of imidazole rings is 1.